The molecule has 5 rings (SSSR count). The van der Waals surface area contributed by atoms with Gasteiger partial charge in [0.2, 0.25) is 0 Å². The molecule has 5 aliphatic rings. The van der Waals surface area contributed by atoms with Gasteiger partial charge in [-0.2, -0.15) is 0 Å². The van der Waals surface area contributed by atoms with Crippen LogP contribution in [0.5, 0.6) is 0 Å². The Bertz CT molecular complexity index is 1220. The molecule has 0 saturated heterocycles. The number of hydrogen-bond acceptors (Lipinski definition) is 7. The molecule has 234 valence electrons. The molecule has 4 saturated carbocycles. The van der Waals surface area contributed by atoms with Gasteiger partial charge < -0.3 is 14.2 Å². The quantitative estimate of drug-likeness (QED) is 0.208. The molecule has 0 aromatic heterocycles. The fourth-order valence-corrected chi connectivity index (χ4v) is 11.3. The highest BCUT2D eigenvalue weighted by Gasteiger charge is 2.71. The molecule has 5 aliphatic carbocycles. The van der Waals surface area contributed by atoms with Gasteiger partial charge >= 0.3 is 17.9 Å². The lowest BCUT2D eigenvalue weighted by Gasteiger charge is -2.70. The number of rotatable bonds is 4. The van der Waals surface area contributed by atoms with Gasteiger partial charge in [-0.3, -0.25) is 19.2 Å². The molecule has 0 unspecified atom stereocenters. The lowest BCUT2D eigenvalue weighted by molar-refractivity contribution is -0.213. The van der Waals surface area contributed by atoms with Crippen LogP contribution >= 0.6 is 0 Å². The zero-order chi connectivity index (χ0) is 31.1. The van der Waals surface area contributed by atoms with Crippen LogP contribution in [0.25, 0.3) is 0 Å². The summed E-state index contributed by atoms with van der Waals surface area (Å²) in [7, 11) is 1.53. The molecule has 0 heterocycles. The van der Waals surface area contributed by atoms with Crippen molar-refractivity contribution >= 4 is 23.7 Å². The van der Waals surface area contributed by atoms with Crippen molar-refractivity contribution in [2.45, 2.75) is 119 Å². The molecule has 4 fully saturated rings. The monoisotopic (exact) mass is 584 g/mol. The Hall–Kier alpha value is -2.18. The summed E-state index contributed by atoms with van der Waals surface area (Å²) in [4.78, 5) is 51.5. The fraction of sp³-hybridized carbons (Fsp3) is 0.829. The van der Waals surface area contributed by atoms with Crippen molar-refractivity contribution in [1.29, 1.82) is 0 Å². The van der Waals surface area contributed by atoms with Gasteiger partial charge in [0, 0.05) is 13.8 Å². The predicted molar refractivity (Wildman–Crippen MR) is 158 cm³/mol. The number of carbonyl (C=O) groups is 4. The summed E-state index contributed by atoms with van der Waals surface area (Å²) < 4.78 is 16.7. The number of esters is 3. The first-order valence-electron chi connectivity index (χ1n) is 16.0. The van der Waals surface area contributed by atoms with Crippen molar-refractivity contribution in [1.82, 2.24) is 0 Å². The highest BCUT2D eigenvalue weighted by Crippen LogP contribution is 2.75. The molecular formula is C35H52O7. The van der Waals surface area contributed by atoms with E-state index in [1.807, 2.05) is 6.92 Å². The van der Waals surface area contributed by atoms with Crippen molar-refractivity contribution in [3.8, 4) is 0 Å². The van der Waals surface area contributed by atoms with E-state index in [2.05, 4.69) is 40.7 Å². The van der Waals surface area contributed by atoms with Crippen molar-refractivity contribution in [3.05, 3.63) is 11.6 Å². The third kappa shape index (κ3) is 4.25. The average Bonchev–Trinajstić information content (AvgIpc) is 2.90. The average molecular weight is 585 g/mol. The molecule has 7 nitrogen and oxygen atoms in total. The van der Waals surface area contributed by atoms with Gasteiger partial charge in [0.25, 0.3) is 0 Å². The molecule has 9 atom stereocenters. The molecule has 0 N–H and O–H groups in total. The van der Waals surface area contributed by atoms with E-state index in [-0.39, 0.29) is 57.8 Å². The minimum Gasteiger partial charge on any atom is -0.469 e. The Kier molecular flexibility index (Phi) is 7.38. The molecule has 0 aromatic carbocycles. The summed E-state index contributed by atoms with van der Waals surface area (Å²) in [6, 6.07) is 0. The number of ketones is 1. The Morgan fingerprint density at radius 3 is 2.17 bits per heavy atom. The molecule has 0 aliphatic heterocycles. The van der Waals surface area contributed by atoms with Crippen LogP contribution in [0.3, 0.4) is 0 Å². The van der Waals surface area contributed by atoms with E-state index in [1.165, 1.54) is 26.5 Å². The Morgan fingerprint density at radius 2 is 1.55 bits per heavy atom. The molecule has 0 spiro atoms. The first-order valence-corrected chi connectivity index (χ1v) is 16.0. The van der Waals surface area contributed by atoms with Gasteiger partial charge in [-0.15, -0.1) is 0 Å². The fourth-order valence-electron chi connectivity index (χ4n) is 11.3. The summed E-state index contributed by atoms with van der Waals surface area (Å²) >= 11 is 0. The van der Waals surface area contributed by atoms with Crippen molar-refractivity contribution in [2.75, 3.05) is 13.7 Å². The third-order valence-corrected chi connectivity index (χ3v) is 13.6. The van der Waals surface area contributed by atoms with E-state index in [1.54, 1.807) is 0 Å². The highest BCUT2D eigenvalue weighted by molar-refractivity contribution is 5.92. The number of fused-ring (bicyclic) bond motifs is 7. The van der Waals surface area contributed by atoms with Crippen LogP contribution in [0, 0.1) is 50.2 Å². The third-order valence-electron chi connectivity index (χ3n) is 13.6. The summed E-state index contributed by atoms with van der Waals surface area (Å²) in [6.45, 7) is 16.5. The smallest absolute Gasteiger partial charge is 0.312 e. The maximum Gasteiger partial charge on any atom is 0.312 e. The number of carbonyl (C=O) groups excluding carboxylic acids is 4. The van der Waals surface area contributed by atoms with Crippen LogP contribution in [0.4, 0.5) is 0 Å². The molecule has 0 bridgehead atoms. The maximum absolute atomic E-state index is 13.9. The second kappa shape index (κ2) is 9.92. The molecule has 0 amide bonds. The first kappa shape index (κ1) is 31.3. The summed E-state index contributed by atoms with van der Waals surface area (Å²) in [6.07, 6.45) is 9.35. The molecule has 0 radical (unpaired) electrons. The normalized spacial score (nSPS) is 45.6. The van der Waals surface area contributed by atoms with Crippen molar-refractivity contribution < 1.29 is 33.4 Å². The number of ether oxygens (including phenoxy) is 3. The van der Waals surface area contributed by atoms with E-state index in [0.717, 1.165) is 51.4 Å². The minimum atomic E-state index is -0.939. The highest BCUT2D eigenvalue weighted by atomic mass is 16.5. The van der Waals surface area contributed by atoms with E-state index in [0.29, 0.717) is 6.42 Å². The Morgan fingerprint density at radius 1 is 0.881 bits per heavy atom. The van der Waals surface area contributed by atoms with Crippen LogP contribution in [-0.4, -0.2) is 43.5 Å². The van der Waals surface area contributed by atoms with Crippen LogP contribution in [-0.2, 0) is 33.4 Å². The number of allylic oxidation sites excluding steroid dienone is 2. The number of Topliss-reactive ketones (excluding diaryl/α,β-unsaturated/α-hetero) is 1. The van der Waals surface area contributed by atoms with Gasteiger partial charge in [-0.1, -0.05) is 46.3 Å². The molecule has 42 heavy (non-hydrogen) atoms. The van der Waals surface area contributed by atoms with E-state index < -0.39 is 28.9 Å². The Balaban J connectivity index is 1.60. The lowest BCUT2D eigenvalue weighted by Crippen LogP contribution is -2.67. The van der Waals surface area contributed by atoms with Crippen LogP contribution in [0.2, 0.25) is 0 Å². The summed E-state index contributed by atoms with van der Waals surface area (Å²) in [5.41, 5.74) is -0.296. The topological polar surface area (TPSA) is 96.0 Å². The van der Waals surface area contributed by atoms with Crippen molar-refractivity contribution in [2.24, 2.45) is 50.2 Å². The molecule has 7 heteroatoms. The van der Waals surface area contributed by atoms with Gasteiger partial charge in [0.1, 0.15) is 6.61 Å². The zero-order valence-electron chi connectivity index (χ0n) is 27.3. The van der Waals surface area contributed by atoms with E-state index in [4.69, 9.17) is 14.2 Å². The van der Waals surface area contributed by atoms with Crippen LogP contribution in [0.15, 0.2) is 11.6 Å². The van der Waals surface area contributed by atoms with Gasteiger partial charge in [-0.05, 0) is 104 Å². The van der Waals surface area contributed by atoms with Crippen LogP contribution in [0.1, 0.15) is 113 Å². The summed E-state index contributed by atoms with van der Waals surface area (Å²) in [5.74, 6) is -0.669. The SMILES string of the molecule is COC(=O)[C@]12CCC(C)(C)C[C@H]1C1=CC[C@@H]3[C@@]4(C)C[C@@H](OC(C)=O)C(=O)[C@](C)(COC(C)=O)[C@@H]4CC[C@@]3(C)[C@]1(C)CC2. The van der Waals surface area contributed by atoms with E-state index >= 15 is 0 Å². The lowest BCUT2D eigenvalue weighted by atomic mass is 9.33. The molecular weight excluding hydrogens is 532 g/mol. The van der Waals surface area contributed by atoms with Crippen LogP contribution < -0.4 is 0 Å². The van der Waals surface area contributed by atoms with Gasteiger partial charge in [-0.25, -0.2) is 0 Å². The maximum atomic E-state index is 13.9. The second-order valence-corrected chi connectivity index (χ2v) is 16.2. The molecule has 0 aromatic rings. The number of methoxy groups -OCH3 is 1. The van der Waals surface area contributed by atoms with Crippen molar-refractivity contribution in [3.63, 3.8) is 0 Å². The Labute approximate surface area is 251 Å². The second-order valence-electron chi connectivity index (χ2n) is 16.2. The first-order chi connectivity index (χ1) is 19.4. The van der Waals surface area contributed by atoms with E-state index in [9.17, 15) is 19.2 Å². The van der Waals surface area contributed by atoms with Gasteiger partial charge in [0.05, 0.1) is 17.9 Å². The standard InChI is InChI=1S/C35H52O7/c1-21(36)41-20-32(6)26-12-13-34(8)27(31(26,5)19-25(28(32)38)42-22(2)37)11-10-23-24-18-30(3,4)14-16-35(24,29(39)40-9)17-15-33(23,34)7/h10,24-27H,11-20H2,1-9H3/t24-,25+,26+,27+,31-,32+,33+,34+,35-/m0/s1. The number of hydrogen-bond donors (Lipinski definition) is 0. The summed E-state index contributed by atoms with van der Waals surface area (Å²) in [5, 5.41) is 0. The zero-order valence-corrected chi connectivity index (χ0v) is 27.3. The van der Waals surface area contributed by atoms with Gasteiger partial charge in [0.15, 0.2) is 11.9 Å². The minimum absolute atomic E-state index is 0.000213. The predicted octanol–water partition coefficient (Wildman–Crippen LogP) is 6.62. The largest absolute Gasteiger partial charge is 0.469 e.